The van der Waals surface area contributed by atoms with Crippen LogP contribution in [0.3, 0.4) is 0 Å². The molecule has 190 valence electrons. The van der Waals surface area contributed by atoms with E-state index in [1.807, 2.05) is 0 Å². The molecule has 1 saturated carbocycles. The highest BCUT2D eigenvalue weighted by atomic mass is 19.4. The van der Waals surface area contributed by atoms with Crippen molar-refractivity contribution in [2.45, 2.75) is 44.3 Å². The van der Waals surface area contributed by atoms with E-state index >= 15 is 4.39 Å². The molecule has 2 fully saturated rings. The Morgan fingerprint density at radius 3 is 2.46 bits per heavy atom. The highest BCUT2D eigenvalue weighted by Crippen LogP contribution is 2.35. The lowest BCUT2D eigenvalue weighted by Crippen LogP contribution is -2.40. The molecule has 1 aromatic carbocycles. The summed E-state index contributed by atoms with van der Waals surface area (Å²) in [6.45, 7) is 1.37. The van der Waals surface area contributed by atoms with Crippen LogP contribution in [0.1, 0.15) is 49.3 Å². The number of halogens is 4. The Balaban J connectivity index is 1.44. The molecule has 0 unspecified atom stereocenters. The van der Waals surface area contributed by atoms with E-state index in [1.54, 1.807) is 4.90 Å². The van der Waals surface area contributed by atoms with Crippen LogP contribution in [0, 0.1) is 17.7 Å². The topological polar surface area (TPSA) is 87.6 Å². The third kappa shape index (κ3) is 6.19. The number of ether oxygens (including phenoxy) is 1. The summed E-state index contributed by atoms with van der Waals surface area (Å²) in [5, 5.41) is 12.0. The van der Waals surface area contributed by atoms with Gasteiger partial charge in [0.05, 0.1) is 24.8 Å². The Morgan fingerprint density at radius 1 is 1.11 bits per heavy atom. The molecule has 7 nitrogen and oxygen atoms in total. The van der Waals surface area contributed by atoms with Crippen molar-refractivity contribution in [1.29, 1.82) is 0 Å². The monoisotopic (exact) mass is 496 g/mol. The van der Waals surface area contributed by atoms with Gasteiger partial charge in [0.15, 0.2) is 11.6 Å². The van der Waals surface area contributed by atoms with E-state index < -0.39 is 29.6 Å². The second kappa shape index (κ2) is 10.8. The molecule has 0 bridgehead atoms. The van der Waals surface area contributed by atoms with Crippen molar-refractivity contribution in [2.75, 3.05) is 36.5 Å². The molecule has 35 heavy (non-hydrogen) atoms. The Bertz CT molecular complexity index is 1010. The van der Waals surface area contributed by atoms with E-state index in [0.29, 0.717) is 31.2 Å². The Kier molecular flexibility index (Phi) is 7.73. The zero-order chi connectivity index (χ0) is 25.0. The first-order valence-corrected chi connectivity index (χ1v) is 11.7. The summed E-state index contributed by atoms with van der Waals surface area (Å²) in [7, 11) is 0. The quantitative estimate of drug-likeness (QED) is 0.527. The molecule has 1 atom stereocenters. The largest absolute Gasteiger partial charge is 0.481 e. The summed E-state index contributed by atoms with van der Waals surface area (Å²) >= 11 is 0. The van der Waals surface area contributed by atoms with Gasteiger partial charge in [-0.05, 0) is 55.2 Å². The molecule has 1 aliphatic heterocycles. The van der Waals surface area contributed by atoms with Gasteiger partial charge in [0.2, 0.25) is 5.82 Å². The molecule has 2 heterocycles. The highest BCUT2D eigenvalue weighted by molar-refractivity contribution is 5.67. The maximum absolute atomic E-state index is 15.4. The molecule has 0 amide bonds. The fourth-order valence-corrected chi connectivity index (χ4v) is 4.84. The number of nitrogens with one attached hydrogen (secondary N) is 1. The van der Waals surface area contributed by atoms with Crippen molar-refractivity contribution >= 4 is 17.6 Å². The van der Waals surface area contributed by atoms with E-state index in [9.17, 15) is 18.0 Å². The Morgan fingerprint density at radius 2 is 1.80 bits per heavy atom. The second-order valence-electron chi connectivity index (χ2n) is 9.13. The normalized spacial score (nSPS) is 23.2. The molecular weight excluding hydrogens is 468 g/mol. The minimum atomic E-state index is -4.43. The average molecular weight is 497 g/mol. The van der Waals surface area contributed by atoms with Crippen molar-refractivity contribution in [3.63, 3.8) is 0 Å². The molecule has 0 spiro atoms. The first-order chi connectivity index (χ1) is 16.7. The molecular formula is C24H28F4N4O3. The molecule has 0 radical (unpaired) electrons. The third-order valence-corrected chi connectivity index (χ3v) is 6.78. The second-order valence-corrected chi connectivity index (χ2v) is 9.13. The summed E-state index contributed by atoms with van der Waals surface area (Å²) in [5.74, 6) is -0.775. The highest BCUT2D eigenvalue weighted by Gasteiger charge is 2.33. The van der Waals surface area contributed by atoms with Crippen LogP contribution < -0.4 is 10.2 Å². The zero-order valence-corrected chi connectivity index (χ0v) is 19.1. The molecule has 2 aromatic rings. The number of rotatable bonds is 7. The van der Waals surface area contributed by atoms with Gasteiger partial charge >= 0.3 is 12.1 Å². The van der Waals surface area contributed by atoms with Crippen LogP contribution in [0.25, 0.3) is 0 Å². The fraction of sp³-hybridized carbons (Fsp3) is 0.542. The van der Waals surface area contributed by atoms with Crippen LogP contribution >= 0.6 is 0 Å². The van der Waals surface area contributed by atoms with Gasteiger partial charge in [-0.25, -0.2) is 9.97 Å². The van der Waals surface area contributed by atoms with E-state index in [1.165, 1.54) is 18.5 Å². The summed E-state index contributed by atoms with van der Waals surface area (Å²) in [6.07, 6.45) is 0.412. The number of carboxylic acids is 1. The van der Waals surface area contributed by atoms with Gasteiger partial charge in [-0.3, -0.25) is 4.79 Å². The van der Waals surface area contributed by atoms with Crippen LogP contribution in [0.4, 0.5) is 29.2 Å². The number of hydrogen-bond donors (Lipinski definition) is 2. The average Bonchev–Trinajstić information content (AvgIpc) is 2.84. The predicted octanol–water partition coefficient (Wildman–Crippen LogP) is 4.91. The zero-order valence-electron chi connectivity index (χ0n) is 19.1. The molecule has 2 aliphatic rings. The maximum Gasteiger partial charge on any atom is 0.416 e. The number of benzene rings is 1. The van der Waals surface area contributed by atoms with Crippen molar-refractivity contribution in [3.8, 4) is 0 Å². The van der Waals surface area contributed by atoms with Crippen LogP contribution in [-0.2, 0) is 15.7 Å². The smallest absolute Gasteiger partial charge is 0.416 e. The number of aliphatic carboxylic acids is 1. The number of morpholine rings is 1. The number of alkyl halides is 3. The first kappa shape index (κ1) is 25.2. The summed E-state index contributed by atoms with van der Waals surface area (Å²) < 4.78 is 59.8. The number of nitrogens with zero attached hydrogens (tertiary/aromatic N) is 3. The first-order valence-electron chi connectivity index (χ1n) is 11.7. The Hall–Kier alpha value is -2.95. The number of aromatic nitrogens is 2. The van der Waals surface area contributed by atoms with Crippen molar-refractivity contribution in [1.82, 2.24) is 9.97 Å². The molecule has 1 aliphatic carbocycles. The minimum Gasteiger partial charge on any atom is -0.481 e. The number of anilines is 2. The third-order valence-electron chi connectivity index (χ3n) is 6.78. The van der Waals surface area contributed by atoms with Crippen molar-refractivity contribution < 1.29 is 32.2 Å². The van der Waals surface area contributed by atoms with Gasteiger partial charge in [-0.2, -0.15) is 17.6 Å². The maximum atomic E-state index is 15.4. The van der Waals surface area contributed by atoms with Gasteiger partial charge in [-0.1, -0.05) is 12.1 Å². The van der Waals surface area contributed by atoms with Crippen molar-refractivity contribution in [2.24, 2.45) is 11.8 Å². The number of hydrogen-bond acceptors (Lipinski definition) is 6. The van der Waals surface area contributed by atoms with E-state index in [4.69, 9.17) is 9.84 Å². The summed E-state index contributed by atoms with van der Waals surface area (Å²) in [5.41, 5.74) is -0.176. The Labute approximate surface area is 200 Å². The molecule has 11 heteroatoms. The van der Waals surface area contributed by atoms with Crippen LogP contribution in [0.5, 0.6) is 0 Å². The summed E-state index contributed by atoms with van der Waals surface area (Å²) in [4.78, 5) is 20.8. The van der Waals surface area contributed by atoms with Crippen LogP contribution in [-0.4, -0.2) is 47.3 Å². The fourth-order valence-electron chi connectivity index (χ4n) is 4.84. The lowest BCUT2D eigenvalue weighted by molar-refractivity contribution is -0.139. The van der Waals surface area contributed by atoms with Gasteiger partial charge in [0.25, 0.3) is 0 Å². The van der Waals surface area contributed by atoms with Gasteiger partial charge < -0.3 is 20.1 Å². The van der Waals surface area contributed by atoms with E-state index in [-0.39, 0.29) is 30.6 Å². The van der Waals surface area contributed by atoms with Gasteiger partial charge in [-0.15, -0.1) is 0 Å². The molecule has 1 aromatic heterocycles. The number of carbonyl (C=O) groups is 1. The van der Waals surface area contributed by atoms with E-state index in [2.05, 4.69) is 15.3 Å². The van der Waals surface area contributed by atoms with Crippen LogP contribution in [0.2, 0.25) is 0 Å². The van der Waals surface area contributed by atoms with Gasteiger partial charge in [0.1, 0.15) is 6.33 Å². The minimum absolute atomic E-state index is 0.0697. The summed E-state index contributed by atoms with van der Waals surface area (Å²) in [6, 6.07) is 4.29. The molecule has 4 rings (SSSR count). The lowest BCUT2D eigenvalue weighted by Gasteiger charge is -2.37. The SMILES string of the molecule is O=C(O)CC1CCC(CNc2ncnc(N3CCOC[C@@H]3c3ccc(C(F)(F)F)cc3)c2F)CC1. The standard InChI is InChI=1S/C24H28F4N4O3/c25-21-22(29-12-16-3-1-15(2-4-16)11-20(33)34)30-14-31-23(21)32-9-10-35-13-19(32)17-5-7-18(8-6-17)24(26,27)28/h5-8,14-16,19H,1-4,9-13H2,(H,33,34)(H,29,30,31)/t15?,16?,19-/m1/s1. The lowest BCUT2D eigenvalue weighted by atomic mass is 9.80. The van der Waals surface area contributed by atoms with Crippen LogP contribution in [0.15, 0.2) is 30.6 Å². The number of carboxylic acid groups (broad SMARTS) is 1. The van der Waals surface area contributed by atoms with Gasteiger partial charge in [0, 0.05) is 19.5 Å². The van der Waals surface area contributed by atoms with E-state index in [0.717, 1.165) is 37.8 Å². The predicted molar refractivity (Wildman–Crippen MR) is 121 cm³/mol. The van der Waals surface area contributed by atoms with Crippen molar-refractivity contribution in [3.05, 3.63) is 47.5 Å². The molecule has 1 saturated heterocycles. The molecule has 2 N–H and O–H groups in total.